The molecule has 1 aliphatic carbocycles. The highest BCUT2D eigenvalue weighted by Gasteiger charge is 2.22. The summed E-state index contributed by atoms with van der Waals surface area (Å²) in [5.41, 5.74) is 0. The minimum atomic E-state index is -1.09. The lowest BCUT2D eigenvalue weighted by atomic mass is 9.70. The van der Waals surface area contributed by atoms with Gasteiger partial charge in [0, 0.05) is 0 Å². The van der Waals surface area contributed by atoms with Crippen LogP contribution < -0.4 is 0 Å². The molecule has 0 radical (unpaired) electrons. The van der Waals surface area contributed by atoms with Crippen LogP contribution in [0.1, 0.15) is 32.6 Å². The second-order valence-corrected chi connectivity index (χ2v) is 3.85. The van der Waals surface area contributed by atoms with E-state index < -0.39 is 7.12 Å². The first-order valence-electron chi connectivity index (χ1n) is 4.54. The molecule has 0 bridgehead atoms. The highest BCUT2D eigenvalue weighted by molar-refractivity contribution is 6.41. The van der Waals surface area contributed by atoms with Crippen LogP contribution in [-0.2, 0) is 0 Å². The Hall–Kier alpha value is -0.0151. The van der Waals surface area contributed by atoms with Crippen LogP contribution in [-0.4, -0.2) is 17.2 Å². The van der Waals surface area contributed by atoms with Crippen LogP contribution in [0.2, 0.25) is 6.32 Å². The average Bonchev–Trinajstić information content (AvgIpc) is 1.85. The molecule has 2 N–H and O–H groups in total. The predicted molar refractivity (Wildman–Crippen MR) is 46.1 cm³/mol. The van der Waals surface area contributed by atoms with Crippen molar-refractivity contribution in [2.75, 3.05) is 0 Å². The van der Waals surface area contributed by atoms with Crippen molar-refractivity contribution in [1.82, 2.24) is 0 Å². The van der Waals surface area contributed by atoms with Crippen LogP contribution in [0.25, 0.3) is 0 Å². The Morgan fingerprint density at radius 2 is 2.09 bits per heavy atom. The van der Waals surface area contributed by atoms with Crippen molar-refractivity contribution < 1.29 is 10.0 Å². The van der Waals surface area contributed by atoms with Crippen LogP contribution in [0.15, 0.2) is 0 Å². The van der Waals surface area contributed by atoms with Crippen LogP contribution in [0, 0.1) is 11.8 Å². The van der Waals surface area contributed by atoms with Crippen LogP contribution in [0.4, 0.5) is 0 Å². The third-order valence-corrected chi connectivity index (χ3v) is 2.59. The molecule has 0 aromatic heterocycles. The normalized spacial score (nSPS) is 31.9. The first kappa shape index (κ1) is 9.08. The summed E-state index contributed by atoms with van der Waals surface area (Å²) >= 11 is 0. The highest BCUT2D eigenvalue weighted by Crippen LogP contribution is 2.31. The molecule has 1 aliphatic rings. The van der Waals surface area contributed by atoms with Gasteiger partial charge in [-0.2, -0.15) is 0 Å². The highest BCUT2D eigenvalue weighted by atomic mass is 16.4. The summed E-state index contributed by atoms with van der Waals surface area (Å²) in [6.07, 6.45) is 5.51. The van der Waals surface area contributed by atoms with Crippen molar-refractivity contribution in [3.05, 3.63) is 0 Å². The van der Waals surface area contributed by atoms with E-state index in [4.69, 9.17) is 10.0 Å². The molecule has 1 rings (SSSR count). The summed E-state index contributed by atoms with van der Waals surface area (Å²) in [7, 11) is -1.09. The van der Waals surface area contributed by atoms with E-state index in [9.17, 15) is 0 Å². The maximum atomic E-state index is 8.75. The van der Waals surface area contributed by atoms with Gasteiger partial charge in [0.15, 0.2) is 0 Å². The molecule has 2 unspecified atom stereocenters. The standard InChI is InChI=1S/C8H17BO2/c1-7-3-2-4-8(5-7)6-9(10)11/h7-8,10-11H,2-6H2,1H3. The summed E-state index contributed by atoms with van der Waals surface area (Å²) < 4.78 is 0. The zero-order valence-corrected chi connectivity index (χ0v) is 7.16. The van der Waals surface area contributed by atoms with E-state index in [1.165, 1.54) is 25.7 Å². The first-order valence-corrected chi connectivity index (χ1v) is 4.54. The third kappa shape index (κ3) is 3.26. The van der Waals surface area contributed by atoms with E-state index in [-0.39, 0.29) is 0 Å². The van der Waals surface area contributed by atoms with E-state index in [0.29, 0.717) is 12.2 Å². The molecular formula is C8H17BO2. The van der Waals surface area contributed by atoms with E-state index in [2.05, 4.69) is 6.92 Å². The molecule has 2 atom stereocenters. The molecule has 0 aliphatic heterocycles. The SMILES string of the molecule is CC1CCCC(CB(O)O)C1. The summed E-state index contributed by atoms with van der Waals surface area (Å²) in [5, 5.41) is 17.5. The average molecular weight is 156 g/mol. The maximum Gasteiger partial charge on any atom is 0.451 e. The molecule has 0 aromatic carbocycles. The van der Waals surface area contributed by atoms with Gasteiger partial charge in [-0.05, 0) is 24.6 Å². The van der Waals surface area contributed by atoms with Gasteiger partial charge in [-0.15, -0.1) is 0 Å². The van der Waals surface area contributed by atoms with Crippen molar-refractivity contribution in [3.8, 4) is 0 Å². The number of hydrogen-bond acceptors (Lipinski definition) is 2. The fourth-order valence-electron chi connectivity index (χ4n) is 2.07. The fraction of sp³-hybridized carbons (Fsp3) is 1.00. The Labute approximate surface area is 68.8 Å². The molecule has 3 heteroatoms. The largest absolute Gasteiger partial charge is 0.451 e. The van der Waals surface area contributed by atoms with Crippen molar-refractivity contribution in [3.63, 3.8) is 0 Å². The van der Waals surface area contributed by atoms with Crippen LogP contribution in [0.5, 0.6) is 0 Å². The van der Waals surface area contributed by atoms with Gasteiger partial charge in [0.1, 0.15) is 0 Å². The Morgan fingerprint density at radius 3 is 2.64 bits per heavy atom. The molecule has 0 heterocycles. The van der Waals surface area contributed by atoms with Gasteiger partial charge in [0.25, 0.3) is 0 Å². The zero-order chi connectivity index (χ0) is 8.27. The number of hydrogen-bond donors (Lipinski definition) is 2. The van der Waals surface area contributed by atoms with E-state index in [1.807, 2.05) is 0 Å². The topological polar surface area (TPSA) is 40.5 Å². The van der Waals surface area contributed by atoms with Gasteiger partial charge >= 0.3 is 7.12 Å². The molecule has 0 saturated heterocycles. The minimum Gasteiger partial charge on any atom is -0.427 e. The van der Waals surface area contributed by atoms with Crippen molar-refractivity contribution in [2.24, 2.45) is 11.8 Å². The summed E-state index contributed by atoms with van der Waals surface area (Å²) in [6, 6.07) is 0. The molecule has 2 nitrogen and oxygen atoms in total. The molecule has 64 valence electrons. The number of rotatable bonds is 2. The van der Waals surface area contributed by atoms with Crippen molar-refractivity contribution >= 4 is 7.12 Å². The molecule has 0 spiro atoms. The van der Waals surface area contributed by atoms with Gasteiger partial charge < -0.3 is 10.0 Å². The lowest BCUT2D eigenvalue weighted by Crippen LogP contribution is -2.21. The van der Waals surface area contributed by atoms with Gasteiger partial charge in [0.2, 0.25) is 0 Å². The summed E-state index contributed by atoms with van der Waals surface area (Å²) in [5.74, 6) is 1.34. The summed E-state index contributed by atoms with van der Waals surface area (Å²) in [6.45, 7) is 2.25. The smallest absolute Gasteiger partial charge is 0.427 e. The monoisotopic (exact) mass is 156 g/mol. The molecular weight excluding hydrogens is 139 g/mol. The Bertz CT molecular complexity index is 115. The molecule has 0 aromatic rings. The van der Waals surface area contributed by atoms with Gasteiger partial charge in [-0.25, -0.2) is 0 Å². The van der Waals surface area contributed by atoms with Gasteiger partial charge in [-0.1, -0.05) is 26.2 Å². The second kappa shape index (κ2) is 4.12. The first-order chi connectivity index (χ1) is 5.18. The Morgan fingerprint density at radius 1 is 1.36 bits per heavy atom. The third-order valence-electron chi connectivity index (χ3n) is 2.59. The zero-order valence-electron chi connectivity index (χ0n) is 7.16. The lowest BCUT2D eigenvalue weighted by Gasteiger charge is -2.26. The van der Waals surface area contributed by atoms with Gasteiger partial charge in [-0.3, -0.25) is 0 Å². The molecule has 1 fully saturated rings. The Kier molecular flexibility index (Phi) is 3.40. The van der Waals surface area contributed by atoms with Crippen LogP contribution in [0.3, 0.4) is 0 Å². The molecule has 1 saturated carbocycles. The Balaban J connectivity index is 2.23. The maximum absolute atomic E-state index is 8.75. The lowest BCUT2D eigenvalue weighted by molar-refractivity contribution is 0.282. The summed E-state index contributed by atoms with van der Waals surface area (Å²) in [4.78, 5) is 0. The second-order valence-electron chi connectivity index (χ2n) is 3.85. The van der Waals surface area contributed by atoms with Crippen molar-refractivity contribution in [2.45, 2.75) is 38.9 Å². The van der Waals surface area contributed by atoms with E-state index >= 15 is 0 Å². The fourth-order valence-corrected chi connectivity index (χ4v) is 2.07. The molecule has 11 heavy (non-hydrogen) atoms. The van der Waals surface area contributed by atoms with Gasteiger partial charge in [0.05, 0.1) is 0 Å². The quantitative estimate of drug-likeness (QED) is 0.591. The minimum absolute atomic E-state index is 0.554. The predicted octanol–water partition coefficient (Wildman–Crippen LogP) is 1.29. The van der Waals surface area contributed by atoms with Crippen LogP contribution >= 0.6 is 0 Å². The van der Waals surface area contributed by atoms with E-state index in [0.717, 1.165) is 5.92 Å². The molecule has 0 amide bonds. The van der Waals surface area contributed by atoms with E-state index in [1.54, 1.807) is 0 Å². The van der Waals surface area contributed by atoms with Crippen molar-refractivity contribution in [1.29, 1.82) is 0 Å².